The zero-order valence-electron chi connectivity index (χ0n) is 11.1. The summed E-state index contributed by atoms with van der Waals surface area (Å²) in [5, 5.41) is 23.3. The number of halogens is 2. The van der Waals surface area contributed by atoms with Crippen LogP contribution >= 0.6 is 23.2 Å². The third kappa shape index (κ3) is 3.77. The van der Waals surface area contributed by atoms with Crippen LogP contribution in [0.1, 0.15) is 19.3 Å². The Morgan fingerprint density at radius 1 is 1.30 bits per heavy atom. The maximum Gasteiger partial charge on any atom is 0.156 e. The van der Waals surface area contributed by atoms with E-state index in [1.807, 2.05) is 0 Å². The second-order valence-corrected chi connectivity index (χ2v) is 6.00. The molecule has 4 nitrogen and oxygen atoms in total. The van der Waals surface area contributed by atoms with Gasteiger partial charge in [0.15, 0.2) is 5.75 Å². The van der Waals surface area contributed by atoms with Crippen LogP contribution in [0.25, 0.3) is 0 Å². The van der Waals surface area contributed by atoms with Crippen molar-refractivity contribution in [2.45, 2.75) is 30.9 Å². The Labute approximate surface area is 128 Å². The monoisotopic (exact) mass is 319 g/mol. The number of rotatable bonds is 7. The Morgan fingerprint density at radius 2 is 1.95 bits per heavy atom. The minimum absolute atomic E-state index is 0.0942. The lowest BCUT2D eigenvalue weighted by Crippen LogP contribution is -2.56. The van der Waals surface area contributed by atoms with E-state index in [9.17, 15) is 10.2 Å². The fraction of sp³-hybridized carbons (Fsp3) is 0.571. The summed E-state index contributed by atoms with van der Waals surface area (Å²) in [6, 6.07) is 5.10. The van der Waals surface area contributed by atoms with E-state index in [2.05, 4.69) is 5.32 Å². The van der Waals surface area contributed by atoms with Crippen molar-refractivity contribution in [1.82, 2.24) is 5.32 Å². The van der Waals surface area contributed by atoms with Crippen LogP contribution in [-0.2, 0) is 0 Å². The fourth-order valence-corrected chi connectivity index (χ4v) is 2.69. The first kappa shape index (κ1) is 15.9. The molecule has 2 rings (SSSR count). The molecule has 1 atom stereocenters. The highest BCUT2D eigenvalue weighted by molar-refractivity contribution is 6.37. The summed E-state index contributed by atoms with van der Waals surface area (Å²) in [5.41, 5.74) is -0.219. The lowest BCUT2D eigenvalue weighted by atomic mass is 9.77. The van der Waals surface area contributed by atoms with Crippen molar-refractivity contribution in [3.05, 3.63) is 28.2 Å². The van der Waals surface area contributed by atoms with E-state index in [-0.39, 0.29) is 18.8 Å². The molecule has 1 aromatic carbocycles. The minimum atomic E-state index is -0.689. The van der Waals surface area contributed by atoms with Crippen molar-refractivity contribution < 1.29 is 14.9 Å². The number of ether oxygens (including phenoxy) is 1. The molecule has 1 aromatic rings. The molecule has 6 heteroatoms. The summed E-state index contributed by atoms with van der Waals surface area (Å²) >= 11 is 12.0. The lowest BCUT2D eigenvalue weighted by Gasteiger charge is -2.41. The number of β-amino-alcohol motifs (C(OH)–C–C–N with tert-alkyl or cyclic N) is 1. The van der Waals surface area contributed by atoms with Crippen LogP contribution in [0, 0.1) is 0 Å². The molecule has 1 aliphatic carbocycles. The molecule has 0 radical (unpaired) electrons. The third-order valence-electron chi connectivity index (χ3n) is 3.67. The average molecular weight is 320 g/mol. The molecule has 0 aliphatic heterocycles. The third-order valence-corrected chi connectivity index (χ3v) is 4.26. The Bertz CT molecular complexity index is 426. The van der Waals surface area contributed by atoms with Gasteiger partial charge in [0.05, 0.1) is 16.7 Å². The van der Waals surface area contributed by atoms with Crippen LogP contribution in [0.15, 0.2) is 18.2 Å². The van der Waals surface area contributed by atoms with E-state index < -0.39 is 6.10 Å². The average Bonchev–Trinajstić information content (AvgIpc) is 2.37. The summed E-state index contributed by atoms with van der Waals surface area (Å²) in [6.45, 7) is 0.553. The molecule has 0 amide bonds. The van der Waals surface area contributed by atoms with Crippen molar-refractivity contribution in [1.29, 1.82) is 0 Å². The van der Waals surface area contributed by atoms with Crippen LogP contribution in [-0.4, -0.2) is 41.6 Å². The second-order valence-electron chi connectivity index (χ2n) is 5.19. The quantitative estimate of drug-likeness (QED) is 0.721. The number of aliphatic hydroxyl groups is 2. The van der Waals surface area contributed by atoms with Crippen LogP contribution in [0.2, 0.25) is 10.0 Å². The zero-order chi connectivity index (χ0) is 14.6. The predicted octanol–water partition coefficient (Wildman–Crippen LogP) is 2.24. The van der Waals surface area contributed by atoms with Crippen molar-refractivity contribution in [2.24, 2.45) is 0 Å². The first-order valence-electron chi connectivity index (χ1n) is 6.67. The summed E-state index contributed by atoms with van der Waals surface area (Å²) in [5.74, 6) is 0.385. The first-order valence-corrected chi connectivity index (χ1v) is 7.43. The molecule has 0 heterocycles. The predicted molar refractivity (Wildman–Crippen MR) is 79.6 cm³/mol. The highest BCUT2D eigenvalue weighted by Crippen LogP contribution is 2.33. The summed E-state index contributed by atoms with van der Waals surface area (Å²) in [4.78, 5) is 0. The van der Waals surface area contributed by atoms with Crippen LogP contribution < -0.4 is 10.1 Å². The topological polar surface area (TPSA) is 61.7 Å². The Morgan fingerprint density at radius 3 is 2.45 bits per heavy atom. The number of nitrogens with one attached hydrogen (secondary N) is 1. The number of aliphatic hydroxyl groups excluding tert-OH is 2. The normalized spacial score (nSPS) is 18.4. The van der Waals surface area contributed by atoms with Gasteiger partial charge in [-0.3, -0.25) is 0 Å². The molecule has 112 valence electrons. The molecule has 0 bridgehead atoms. The van der Waals surface area contributed by atoms with Gasteiger partial charge in [0.1, 0.15) is 12.7 Å². The molecule has 1 aliphatic rings. The summed E-state index contributed by atoms with van der Waals surface area (Å²) in [6.07, 6.45) is 2.29. The first-order chi connectivity index (χ1) is 9.56. The van der Waals surface area contributed by atoms with E-state index >= 15 is 0 Å². The van der Waals surface area contributed by atoms with Gasteiger partial charge in [0.2, 0.25) is 0 Å². The number of hydrogen-bond donors (Lipinski definition) is 3. The number of benzene rings is 1. The smallest absolute Gasteiger partial charge is 0.156 e. The highest BCUT2D eigenvalue weighted by Gasteiger charge is 2.36. The maximum atomic E-state index is 9.92. The molecule has 1 saturated carbocycles. The molecule has 1 fully saturated rings. The summed E-state index contributed by atoms with van der Waals surface area (Å²) in [7, 11) is 0. The molecular weight excluding hydrogens is 301 g/mol. The Hall–Kier alpha value is -0.520. The molecule has 0 saturated heterocycles. The molecule has 0 aromatic heterocycles. The van der Waals surface area contributed by atoms with Gasteiger partial charge in [0.25, 0.3) is 0 Å². The van der Waals surface area contributed by atoms with Crippen molar-refractivity contribution >= 4 is 23.2 Å². The van der Waals surface area contributed by atoms with Gasteiger partial charge in [-0.15, -0.1) is 0 Å². The largest absolute Gasteiger partial charge is 0.488 e. The Balaban J connectivity index is 1.79. The molecule has 1 unspecified atom stereocenters. The maximum absolute atomic E-state index is 9.92. The van der Waals surface area contributed by atoms with Gasteiger partial charge in [-0.05, 0) is 31.4 Å². The summed E-state index contributed by atoms with van der Waals surface area (Å²) < 4.78 is 5.46. The van der Waals surface area contributed by atoms with Gasteiger partial charge >= 0.3 is 0 Å². The molecule has 0 spiro atoms. The molecule has 20 heavy (non-hydrogen) atoms. The minimum Gasteiger partial charge on any atom is -0.488 e. The van der Waals surface area contributed by atoms with E-state index in [4.69, 9.17) is 27.9 Å². The standard InChI is InChI=1S/C14H19Cl2NO3/c15-11-3-1-4-12(16)13(11)20-8-10(19)7-17-14(9-18)5-2-6-14/h1,3-4,10,17-19H,2,5-9H2. The molecular formula is C14H19Cl2NO3. The van der Waals surface area contributed by atoms with E-state index in [1.165, 1.54) is 0 Å². The highest BCUT2D eigenvalue weighted by atomic mass is 35.5. The second kappa shape index (κ2) is 6.96. The van der Waals surface area contributed by atoms with Crippen molar-refractivity contribution in [2.75, 3.05) is 19.8 Å². The van der Waals surface area contributed by atoms with Crippen molar-refractivity contribution in [3.63, 3.8) is 0 Å². The molecule has 3 N–H and O–H groups in total. The van der Waals surface area contributed by atoms with Gasteiger partial charge < -0.3 is 20.3 Å². The van der Waals surface area contributed by atoms with Crippen LogP contribution in [0.3, 0.4) is 0 Å². The van der Waals surface area contributed by atoms with E-state index in [1.54, 1.807) is 18.2 Å². The van der Waals surface area contributed by atoms with Gasteiger partial charge in [-0.25, -0.2) is 0 Å². The van der Waals surface area contributed by atoms with Crippen molar-refractivity contribution in [3.8, 4) is 5.75 Å². The van der Waals surface area contributed by atoms with Crippen LogP contribution in [0.5, 0.6) is 5.75 Å². The van der Waals surface area contributed by atoms with E-state index in [0.717, 1.165) is 19.3 Å². The Kier molecular flexibility index (Phi) is 5.52. The van der Waals surface area contributed by atoms with Gasteiger partial charge in [-0.2, -0.15) is 0 Å². The van der Waals surface area contributed by atoms with E-state index in [0.29, 0.717) is 22.3 Å². The van der Waals surface area contributed by atoms with Gasteiger partial charge in [0, 0.05) is 12.1 Å². The van der Waals surface area contributed by atoms with Gasteiger partial charge in [-0.1, -0.05) is 29.3 Å². The number of para-hydroxylation sites is 1. The van der Waals surface area contributed by atoms with Crippen LogP contribution in [0.4, 0.5) is 0 Å². The lowest BCUT2D eigenvalue weighted by molar-refractivity contribution is 0.0540. The fourth-order valence-electron chi connectivity index (χ4n) is 2.19. The SMILES string of the molecule is OCC1(NCC(O)COc2c(Cl)cccc2Cl)CCC1. The number of hydrogen-bond acceptors (Lipinski definition) is 4. The zero-order valence-corrected chi connectivity index (χ0v) is 12.6.